The monoisotopic (exact) mass is 954 g/mol. The van der Waals surface area contributed by atoms with E-state index >= 15 is 0 Å². The zero-order chi connectivity index (χ0) is 48.8. The predicted molar refractivity (Wildman–Crippen MR) is 284 cm³/mol. The Morgan fingerprint density at radius 1 is 0.463 bits per heavy atom. The molecule has 0 aliphatic rings. The van der Waals surface area contributed by atoms with Crippen LogP contribution in [0.1, 0.15) is 206 Å². The molecule has 0 rings (SSSR count). The third-order valence-corrected chi connectivity index (χ3v) is 11.6. The minimum atomic E-state index is -4.40. The Hall–Kier alpha value is -3.33. The summed E-state index contributed by atoms with van der Waals surface area (Å²) >= 11 is 0. The summed E-state index contributed by atoms with van der Waals surface area (Å²) in [7, 11) is -4.40. The van der Waals surface area contributed by atoms with Gasteiger partial charge in [0.15, 0.2) is 6.10 Å². The number of esters is 2. The van der Waals surface area contributed by atoms with E-state index in [2.05, 4.69) is 123 Å². The zero-order valence-electron chi connectivity index (χ0n) is 42.3. The number of unbranched alkanes of at least 4 members (excludes halogenated alkanes) is 17. The van der Waals surface area contributed by atoms with Crippen molar-refractivity contribution in [2.75, 3.05) is 26.4 Å². The molecule has 0 saturated carbocycles. The number of phosphoric ester groups is 1. The Balaban J connectivity index is 4.16. The van der Waals surface area contributed by atoms with Gasteiger partial charge in [-0.1, -0.05) is 200 Å². The first kappa shape index (κ1) is 63.7. The fraction of sp³-hybridized carbons (Fsp3) is 0.649. The van der Waals surface area contributed by atoms with Gasteiger partial charge in [-0.3, -0.25) is 18.6 Å². The van der Waals surface area contributed by atoms with E-state index in [1.165, 1.54) is 70.6 Å². The maximum Gasteiger partial charge on any atom is 0.472 e. The molecule has 0 aromatic carbocycles. The Bertz CT molecular complexity index is 1460. The summed E-state index contributed by atoms with van der Waals surface area (Å²) in [6.07, 6.45) is 69.8. The summed E-state index contributed by atoms with van der Waals surface area (Å²) in [5.41, 5.74) is 5.37. The summed E-state index contributed by atoms with van der Waals surface area (Å²) in [6.45, 7) is 3.56. The average molecular weight is 954 g/mol. The summed E-state index contributed by atoms with van der Waals surface area (Å²) < 4.78 is 32.9. The van der Waals surface area contributed by atoms with Gasteiger partial charge in [0, 0.05) is 19.4 Å². The first-order chi connectivity index (χ1) is 32.8. The second-order valence-electron chi connectivity index (χ2n) is 17.0. The Morgan fingerprint density at radius 2 is 0.821 bits per heavy atom. The van der Waals surface area contributed by atoms with Crippen molar-refractivity contribution >= 4 is 19.8 Å². The van der Waals surface area contributed by atoms with Crippen LogP contribution in [0.3, 0.4) is 0 Å². The number of carbonyl (C=O) groups excluding carboxylic acids is 2. The van der Waals surface area contributed by atoms with E-state index < -0.39 is 32.5 Å². The fourth-order valence-corrected chi connectivity index (χ4v) is 7.53. The molecule has 67 heavy (non-hydrogen) atoms. The molecule has 0 aromatic rings. The quantitative estimate of drug-likeness (QED) is 0.0264. The second kappa shape index (κ2) is 52.0. The predicted octanol–water partition coefficient (Wildman–Crippen LogP) is 16.3. The standard InChI is InChI=1S/C57H96NO8P/c1-3-5-7-9-11-13-15-17-19-21-23-25-26-27-28-30-32-34-36-38-40-42-44-46-48-50-57(60)66-55(54-65-67(61,62)64-52-51-58)53-63-56(59)49-47-45-43-41-39-37-35-33-31-29-24-22-20-18-16-14-12-10-8-6-4-2/h5,7,11,13,16-19,22-25,27-28,32,34,38,40,55H,3-4,6,8-10,12,14-15,20-21,26,29-31,33,35-37,39,41-54,58H2,1-2H3,(H,61,62)/b7-5-,13-11-,18-16-,19-17-,24-22-,25-23-,28-27-,34-32-,40-38-. The highest BCUT2D eigenvalue weighted by atomic mass is 31.2. The first-order valence-corrected chi connectivity index (χ1v) is 27.9. The lowest BCUT2D eigenvalue weighted by molar-refractivity contribution is -0.161. The van der Waals surface area contributed by atoms with Gasteiger partial charge in [0.1, 0.15) is 6.61 Å². The molecule has 0 amide bonds. The van der Waals surface area contributed by atoms with Crippen LogP contribution in [0.2, 0.25) is 0 Å². The summed E-state index contributed by atoms with van der Waals surface area (Å²) in [6, 6.07) is 0. The van der Waals surface area contributed by atoms with Crippen LogP contribution in [0.4, 0.5) is 0 Å². The number of allylic oxidation sites excluding steroid dienone is 18. The molecule has 9 nitrogen and oxygen atoms in total. The molecule has 382 valence electrons. The average Bonchev–Trinajstić information content (AvgIpc) is 3.32. The lowest BCUT2D eigenvalue weighted by atomic mass is 10.1. The van der Waals surface area contributed by atoms with Gasteiger partial charge in [-0.2, -0.15) is 0 Å². The van der Waals surface area contributed by atoms with E-state index in [1.54, 1.807) is 0 Å². The molecule has 2 unspecified atom stereocenters. The number of ether oxygens (including phenoxy) is 2. The fourth-order valence-electron chi connectivity index (χ4n) is 6.76. The highest BCUT2D eigenvalue weighted by Gasteiger charge is 2.26. The molecule has 3 N–H and O–H groups in total. The van der Waals surface area contributed by atoms with Crippen molar-refractivity contribution in [3.63, 3.8) is 0 Å². The van der Waals surface area contributed by atoms with Crippen molar-refractivity contribution in [2.24, 2.45) is 5.73 Å². The molecule has 2 atom stereocenters. The van der Waals surface area contributed by atoms with Crippen LogP contribution < -0.4 is 5.73 Å². The van der Waals surface area contributed by atoms with Crippen LogP contribution in [0.5, 0.6) is 0 Å². The molecule has 0 fully saturated rings. The molecule has 0 heterocycles. The van der Waals surface area contributed by atoms with Crippen molar-refractivity contribution < 1.29 is 37.6 Å². The molecule has 0 aromatic heterocycles. The number of hydrogen-bond acceptors (Lipinski definition) is 8. The van der Waals surface area contributed by atoms with Crippen LogP contribution in [0.15, 0.2) is 109 Å². The van der Waals surface area contributed by atoms with Crippen LogP contribution in [0.25, 0.3) is 0 Å². The third kappa shape index (κ3) is 51.9. The SMILES string of the molecule is CC/C=C\C/C=C\C/C=C\C/C=C\C/C=C\C/C=C\C/C=C\CCCCCC(=O)OC(COC(=O)CCCCCCCCCCC/C=C\C/C=C\CCCCCCC)COP(=O)(O)OCCN. The highest BCUT2D eigenvalue weighted by Crippen LogP contribution is 2.43. The van der Waals surface area contributed by atoms with Gasteiger partial charge < -0.3 is 20.1 Å². The lowest BCUT2D eigenvalue weighted by Gasteiger charge is -2.19. The number of carbonyl (C=O) groups is 2. The van der Waals surface area contributed by atoms with E-state index in [-0.39, 0.29) is 32.6 Å². The van der Waals surface area contributed by atoms with Crippen LogP contribution in [-0.4, -0.2) is 49.3 Å². The van der Waals surface area contributed by atoms with Crippen LogP contribution >= 0.6 is 7.82 Å². The minimum Gasteiger partial charge on any atom is -0.462 e. The van der Waals surface area contributed by atoms with E-state index in [1.807, 2.05) is 0 Å². The topological polar surface area (TPSA) is 134 Å². The number of phosphoric acid groups is 1. The second-order valence-corrected chi connectivity index (χ2v) is 18.5. The summed E-state index contributed by atoms with van der Waals surface area (Å²) in [5, 5.41) is 0. The first-order valence-electron chi connectivity index (χ1n) is 26.4. The zero-order valence-corrected chi connectivity index (χ0v) is 43.2. The Morgan fingerprint density at radius 3 is 1.24 bits per heavy atom. The lowest BCUT2D eigenvalue weighted by Crippen LogP contribution is -2.29. The third-order valence-electron chi connectivity index (χ3n) is 10.6. The smallest absolute Gasteiger partial charge is 0.462 e. The number of rotatable bonds is 48. The van der Waals surface area contributed by atoms with Crippen molar-refractivity contribution in [1.29, 1.82) is 0 Å². The number of nitrogens with two attached hydrogens (primary N) is 1. The molecular weight excluding hydrogens is 858 g/mol. The largest absolute Gasteiger partial charge is 0.472 e. The number of hydrogen-bond donors (Lipinski definition) is 2. The van der Waals surface area contributed by atoms with Gasteiger partial charge in [-0.15, -0.1) is 0 Å². The van der Waals surface area contributed by atoms with E-state index in [4.69, 9.17) is 24.3 Å². The molecule has 0 aliphatic heterocycles. The highest BCUT2D eigenvalue weighted by molar-refractivity contribution is 7.47. The van der Waals surface area contributed by atoms with E-state index in [9.17, 15) is 19.0 Å². The van der Waals surface area contributed by atoms with Gasteiger partial charge in [0.2, 0.25) is 0 Å². The van der Waals surface area contributed by atoms with Crippen molar-refractivity contribution in [2.45, 2.75) is 213 Å². The van der Waals surface area contributed by atoms with Crippen LogP contribution in [-0.2, 0) is 32.7 Å². The normalized spacial score (nSPS) is 14.0. The van der Waals surface area contributed by atoms with Gasteiger partial charge in [-0.25, -0.2) is 4.57 Å². The Kier molecular flexibility index (Phi) is 49.5. The van der Waals surface area contributed by atoms with Crippen molar-refractivity contribution in [3.8, 4) is 0 Å². The molecule has 0 radical (unpaired) electrons. The van der Waals surface area contributed by atoms with E-state index in [0.29, 0.717) is 6.42 Å². The minimum absolute atomic E-state index is 0.0409. The molecule has 0 bridgehead atoms. The van der Waals surface area contributed by atoms with Gasteiger partial charge in [-0.05, 0) is 103 Å². The van der Waals surface area contributed by atoms with Gasteiger partial charge in [0.25, 0.3) is 0 Å². The van der Waals surface area contributed by atoms with E-state index in [0.717, 1.165) is 103 Å². The van der Waals surface area contributed by atoms with Crippen LogP contribution in [0, 0.1) is 0 Å². The molecule has 0 spiro atoms. The van der Waals surface area contributed by atoms with Gasteiger partial charge >= 0.3 is 19.8 Å². The van der Waals surface area contributed by atoms with Crippen molar-refractivity contribution in [3.05, 3.63) is 109 Å². The molecule has 0 saturated heterocycles. The maximum atomic E-state index is 12.7. The van der Waals surface area contributed by atoms with Crippen molar-refractivity contribution in [1.82, 2.24) is 0 Å². The molecule has 10 heteroatoms. The maximum absolute atomic E-state index is 12.7. The molecule has 0 aliphatic carbocycles. The Labute approximate surface area is 409 Å². The molecular formula is C57H96NO8P. The van der Waals surface area contributed by atoms with Gasteiger partial charge in [0.05, 0.1) is 13.2 Å². The summed E-state index contributed by atoms with van der Waals surface area (Å²) in [4.78, 5) is 35.1. The summed E-state index contributed by atoms with van der Waals surface area (Å²) in [5.74, 6) is -0.878.